The Balaban J connectivity index is 0.000000340. The summed E-state index contributed by atoms with van der Waals surface area (Å²) in [5, 5.41) is 0. The van der Waals surface area contributed by atoms with Crippen LogP contribution in [0.15, 0.2) is 24.3 Å². The maximum absolute atomic E-state index is 4.29. The van der Waals surface area contributed by atoms with E-state index in [0.717, 1.165) is 35.5 Å². The van der Waals surface area contributed by atoms with Crippen molar-refractivity contribution in [2.24, 2.45) is 40.9 Å². The van der Waals surface area contributed by atoms with Crippen LogP contribution in [0.4, 0.5) is 0 Å². The topological polar surface area (TPSA) is 0 Å². The minimum atomic E-state index is 0.476. The molecule has 0 saturated heterocycles. The highest BCUT2D eigenvalue weighted by Gasteiger charge is 2.64. The van der Waals surface area contributed by atoms with E-state index in [4.69, 9.17) is 0 Å². The van der Waals surface area contributed by atoms with Crippen molar-refractivity contribution in [2.45, 2.75) is 60.8 Å². The zero-order chi connectivity index (χ0) is 15.1. The van der Waals surface area contributed by atoms with Crippen LogP contribution in [-0.4, -0.2) is 0 Å². The lowest BCUT2D eigenvalue weighted by Gasteiger charge is -2.44. The van der Waals surface area contributed by atoms with Gasteiger partial charge in [-0.05, 0) is 67.1 Å². The van der Waals surface area contributed by atoms with Crippen molar-refractivity contribution >= 4 is 0 Å². The molecule has 3 saturated carbocycles. The summed E-state index contributed by atoms with van der Waals surface area (Å²) in [5.41, 5.74) is 1.93. The Labute approximate surface area is 126 Å². The zero-order valence-corrected chi connectivity index (χ0v) is 14.4. The molecule has 0 heteroatoms. The Kier molecular flexibility index (Phi) is 4.52. The number of allylic oxidation sites excluding steroid dienone is 3. The van der Waals surface area contributed by atoms with Crippen LogP contribution < -0.4 is 0 Å². The van der Waals surface area contributed by atoms with Gasteiger partial charge in [-0.2, -0.15) is 0 Å². The molecule has 0 aromatic heterocycles. The van der Waals surface area contributed by atoms with Crippen LogP contribution in [0.2, 0.25) is 0 Å². The van der Waals surface area contributed by atoms with E-state index in [1.54, 1.807) is 0 Å². The Bertz CT molecular complexity index is 391. The summed E-state index contributed by atoms with van der Waals surface area (Å²) in [6, 6.07) is 0. The maximum atomic E-state index is 4.29. The van der Waals surface area contributed by atoms with Crippen molar-refractivity contribution in [1.29, 1.82) is 0 Å². The number of rotatable bonds is 1. The summed E-state index contributed by atoms with van der Waals surface area (Å²) < 4.78 is 0. The first kappa shape index (κ1) is 15.9. The summed E-state index contributed by atoms with van der Waals surface area (Å²) in [6.45, 7) is 17.0. The smallest absolute Gasteiger partial charge is 0.00878 e. The summed E-state index contributed by atoms with van der Waals surface area (Å²) >= 11 is 0. The molecule has 3 fully saturated rings. The van der Waals surface area contributed by atoms with Gasteiger partial charge in [-0.3, -0.25) is 0 Å². The number of hydrogen-bond donors (Lipinski definition) is 0. The SMILES string of the molecule is C=C(C)C1(C)CC2CC1C1C3C=CC(C3)C21.CC.CC. The molecule has 0 radical (unpaired) electrons. The van der Waals surface area contributed by atoms with E-state index < -0.39 is 0 Å². The Morgan fingerprint density at radius 2 is 1.55 bits per heavy atom. The fourth-order valence-corrected chi connectivity index (χ4v) is 5.86. The Morgan fingerprint density at radius 3 is 2.10 bits per heavy atom. The Hall–Kier alpha value is -0.520. The lowest BCUT2D eigenvalue weighted by molar-refractivity contribution is 0.103. The largest absolute Gasteiger partial charge is 0.0996 e. The van der Waals surface area contributed by atoms with Gasteiger partial charge in [-0.15, -0.1) is 0 Å². The van der Waals surface area contributed by atoms with Gasteiger partial charge in [0.25, 0.3) is 0 Å². The second kappa shape index (κ2) is 5.70. The third kappa shape index (κ3) is 1.94. The first-order valence-corrected chi connectivity index (χ1v) is 8.95. The predicted octanol–water partition coefficient (Wildman–Crippen LogP) is 6.10. The van der Waals surface area contributed by atoms with Gasteiger partial charge in [0, 0.05) is 0 Å². The quantitative estimate of drug-likeness (QED) is 0.400. The number of hydrogen-bond acceptors (Lipinski definition) is 0. The fraction of sp³-hybridized carbons (Fsp3) is 0.800. The lowest BCUT2D eigenvalue weighted by Crippen LogP contribution is -2.37. The third-order valence-corrected chi connectivity index (χ3v) is 6.63. The summed E-state index contributed by atoms with van der Waals surface area (Å²) in [6.07, 6.45) is 9.49. The molecule has 0 aliphatic heterocycles. The summed E-state index contributed by atoms with van der Waals surface area (Å²) in [4.78, 5) is 0. The maximum Gasteiger partial charge on any atom is -0.00878 e. The average Bonchev–Trinajstić information content (AvgIpc) is 3.20. The van der Waals surface area contributed by atoms with E-state index >= 15 is 0 Å². The van der Waals surface area contributed by atoms with Gasteiger partial charge in [0.15, 0.2) is 0 Å². The van der Waals surface area contributed by atoms with Crippen LogP contribution >= 0.6 is 0 Å². The lowest BCUT2D eigenvalue weighted by atomic mass is 9.60. The highest BCUT2D eigenvalue weighted by atomic mass is 14.7. The monoisotopic (exact) mass is 274 g/mol. The van der Waals surface area contributed by atoms with Crippen LogP contribution in [0, 0.1) is 40.9 Å². The van der Waals surface area contributed by atoms with Gasteiger partial charge in [-0.25, -0.2) is 0 Å². The standard InChI is InChI=1S/C16H22.2C2H6/c1-9(2)16(3)8-12-7-13(16)15-11-5-4-10(6-11)14(12)15;2*1-2/h4-5,10-15H,1,6-8H2,2-3H3;2*1-2H3. The van der Waals surface area contributed by atoms with E-state index in [-0.39, 0.29) is 0 Å². The molecule has 0 spiro atoms. The number of fused-ring (bicyclic) bond motifs is 9. The van der Waals surface area contributed by atoms with Crippen molar-refractivity contribution in [3.8, 4) is 0 Å². The third-order valence-electron chi connectivity index (χ3n) is 6.63. The molecule has 0 aromatic rings. The van der Waals surface area contributed by atoms with Crippen molar-refractivity contribution in [2.75, 3.05) is 0 Å². The zero-order valence-electron chi connectivity index (χ0n) is 14.4. The van der Waals surface area contributed by atoms with Crippen LogP contribution in [0.5, 0.6) is 0 Å². The summed E-state index contributed by atoms with van der Waals surface area (Å²) in [5.74, 6) is 5.96. The molecule has 7 unspecified atom stereocenters. The molecular formula is C20H34. The molecule has 7 atom stereocenters. The van der Waals surface area contributed by atoms with Crippen LogP contribution in [0.1, 0.15) is 60.8 Å². The first-order chi connectivity index (χ1) is 9.61. The molecule has 0 aromatic carbocycles. The van der Waals surface area contributed by atoms with E-state index in [1.165, 1.54) is 24.8 Å². The fourth-order valence-electron chi connectivity index (χ4n) is 5.86. The molecule has 114 valence electrons. The molecule has 0 amide bonds. The second-order valence-corrected chi connectivity index (χ2v) is 7.11. The van der Waals surface area contributed by atoms with Crippen LogP contribution in [-0.2, 0) is 0 Å². The molecule has 0 nitrogen and oxygen atoms in total. The molecular weight excluding hydrogens is 240 g/mol. The van der Waals surface area contributed by atoms with Crippen molar-refractivity contribution < 1.29 is 0 Å². The molecule has 0 N–H and O–H groups in total. The van der Waals surface area contributed by atoms with E-state index in [0.29, 0.717) is 5.41 Å². The molecule has 0 heterocycles. The van der Waals surface area contributed by atoms with E-state index in [9.17, 15) is 0 Å². The second-order valence-electron chi connectivity index (χ2n) is 7.11. The predicted molar refractivity (Wildman–Crippen MR) is 89.5 cm³/mol. The minimum absolute atomic E-state index is 0.476. The van der Waals surface area contributed by atoms with Gasteiger partial charge in [0.05, 0.1) is 0 Å². The van der Waals surface area contributed by atoms with Crippen molar-refractivity contribution in [3.63, 3.8) is 0 Å². The molecule has 4 aliphatic rings. The van der Waals surface area contributed by atoms with Crippen LogP contribution in [0.3, 0.4) is 0 Å². The molecule has 4 aliphatic carbocycles. The normalized spacial score (nSPS) is 49.1. The molecule has 4 bridgehead atoms. The van der Waals surface area contributed by atoms with Crippen molar-refractivity contribution in [1.82, 2.24) is 0 Å². The highest BCUT2D eigenvalue weighted by Crippen LogP contribution is 2.71. The van der Waals surface area contributed by atoms with E-state index in [1.807, 2.05) is 27.7 Å². The molecule has 4 rings (SSSR count). The van der Waals surface area contributed by atoms with Gasteiger partial charge >= 0.3 is 0 Å². The Morgan fingerprint density at radius 1 is 1.00 bits per heavy atom. The van der Waals surface area contributed by atoms with Gasteiger partial charge in [0.2, 0.25) is 0 Å². The summed E-state index contributed by atoms with van der Waals surface area (Å²) in [7, 11) is 0. The van der Waals surface area contributed by atoms with E-state index in [2.05, 4.69) is 32.6 Å². The first-order valence-electron chi connectivity index (χ1n) is 8.95. The average molecular weight is 274 g/mol. The van der Waals surface area contributed by atoms with Crippen molar-refractivity contribution in [3.05, 3.63) is 24.3 Å². The van der Waals surface area contributed by atoms with Gasteiger partial charge in [-0.1, -0.05) is 58.9 Å². The van der Waals surface area contributed by atoms with Crippen LogP contribution in [0.25, 0.3) is 0 Å². The van der Waals surface area contributed by atoms with Gasteiger partial charge < -0.3 is 0 Å². The molecule has 20 heavy (non-hydrogen) atoms. The minimum Gasteiger partial charge on any atom is -0.0996 e. The highest BCUT2D eigenvalue weighted by molar-refractivity contribution is 5.26. The van der Waals surface area contributed by atoms with Gasteiger partial charge in [0.1, 0.15) is 0 Å².